The Labute approximate surface area is 142 Å². The first-order valence-corrected chi connectivity index (χ1v) is 7.90. The summed E-state index contributed by atoms with van der Waals surface area (Å²) in [6, 6.07) is 10.7. The maximum Gasteiger partial charge on any atom is 0.134 e. The fourth-order valence-electron chi connectivity index (χ4n) is 1.97. The van der Waals surface area contributed by atoms with Crippen molar-refractivity contribution in [1.82, 2.24) is 9.97 Å². The Morgan fingerprint density at radius 2 is 2.04 bits per heavy atom. The van der Waals surface area contributed by atoms with E-state index in [1.54, 1.807) is 30.6 Å². The van der Waals surface area contributed by atoms with Crippen LogP contribution in [0, 0.1) is 11.3 Å². The summed E-state index contributed by atoms with van der Waals surface area (Å²) < 4.78 is 0. The number of hydrogen-bond donors (Lipinski definition) is 1. The van der Waals surface area contributed by atoms with Gasteiger partial charge >= 0.3 is 0 Å². The van der Waals surface area contributed by atoms with Crippen LogP contribution in [0.3, 0.4) is 0 Å². The molecule has 2 heterocycles. The molecule has 23 heavy (non-hydrogen) atoms. The van der Waals surface area contributed by atoms with Gasteiger partial charge in [-0.1, -0.05) is 17.7 Å². The molecule has 1 aromatic carbocycles. The first kappa shape index (κ1) is 15.2. The normalized spacial score (nSPS) is 11.2. The van der Waals surface area contributed by atoms with Gasteiger partial charge in [-0.2, -0.15) is 5.26 Å². The van der Waals surface area contributed by atoms with Crippen molar-refractivity contribution in [1.29, 1.82) is 5.26 Å². The number of hydrogen-bond acceptors (Lipinski definition) is 5. The largest absolute Gasteiger partial charge is 0.506 e. The summed E-state index contributed by atoms with van der Waals surface area (Å²) in [5, 5.41) is 21.6. The number of nitriles is 1. The molecular weight excluding hydrogens is 330 g/mol. The third kappa shape index (κ3) is 3.39. The van der Waals surface area contributed by atoms with Gasteiger partial charge in [-0.05, 0) is 35.9 Å². The van der Waals surface area contributed by atoms with Crippen LogP contribution in [0.5, 0.6) is 5.75 Å². The molecule has 1 N–H and O–H groups in total. The third-order valence-corrected chi connectivity index (χ3v) is 4.29. The number of phenolic OH excluding ortho intramolecular Hbond substituents is 1. The van der Waals surface area contributed by atoms with E-state index < -0.39 is 0 Å². The molecule has 0 amide bonds. The Morgan fingerprint density at radius 1 is 1.26 bits per heavy atom. The number of nitrogens with zero attached hydrogens (tertiary/aromatic N) is 3. The molecule has 0 saturated heterocycles. The van der Waals surface area contributed by atoms with Crippen LogP contribution in [-0.4, -0.2) is 15.1 Å². The highest BCUT2D eigenvalue weighted by Crippen LogP contribution is 2.29. The number of halogens is 1. The van der Waals surface area contributed by atoms with Crippen molar-refractivity contribution in [3.05, 3.63) is 63.7 Å². The smallest absolute Gasteiger partial charge is 0.134 e. The number of rotatable bonds is 3. The van der Waals surface area contributed by atoms with Crippen molar-refractivity contribution in [2.45, 2.75) is 0 Å². The summed E-state index contributed by atoms with van der Waals surface area (Å²) in [4.78, 5) is 8.48. The zero-order valence-electron chi connectivity index (χ0n) is 11.8. The predicted octanol–water partition coefficient (Wildman–Crippen LogP) is 4.63. The van der Waals surface area contributed by atoms with Gasteiger partial charge in [0.05, 0.1) is 16.3 Å². The highest BCUT2D eigenvalue weighted by atomic mass is 35.5. The van der Waals surface area contributed by atoms with E-state index >= 15 is 0 Å². The third-order valence-electron chi connectivity index (χ3n) is 3.11. The Morgan fingerprint density at radius 3 is 2.74 bits per heavy atom. The van der Waals surface area contributed by atoms with Crippen LogP contribution in [0.1, 0.15) is 10.6 Å². The number of thiazole rings is 1. The first-order valence-electron chi connectivity index (χ1n) is 6.64. The minimum atomic E-state index is 0.0107. The average Bonchev–Trinajstić information content (AvgIpc) is 3.06. The minimum absolute atomic E-state index is 0.0107. The van der Waals surface area contributed by atoms with Gasteiger partial charge in [-0.3, -0.25) is 4.98 Å². The molecule has 0 spiro atoms. The molecule has 0 aliphatic carbocycles. The van der Waals surface area contributed by atoms with Crippen molar-refractivity contribution in [3.8, 4) is 23.1 Å². The van der Waals surface area contributed by atoms with E-state index in [0.717, 1.165) is 16.8 Å². The summed E-state index contributed by atoms with van der Waals surface area (Å²) in [6.45, 7) is 0. The molecule has 0 radical (unpaired) electrons. The number of aromatic hydroxyl groups is 1. The monoisotopic (exact) mass is 339 g/mol. The second-order valence-electron chi connectivity index (χ2n) is 4.65. The molecule has 112 valence electrons. The summed E-state index contributed by atoms with van der Waals surface area (Å²) >= 11 is 7.29. The molecule has 0 aliphatic rings. The van der Waals surface area contributed by atoms with Crippen molar-refractivity contribution in [3.63, 3.8) is 0 Å². The molecule has 6 heteroatoms. The predicted molar refractivity (Wildman–Crippen MR) is 91.9 cm³/mol. The van der Waals surface area contributed by atoms with Gasteiger partial charge in [-0.15, -0.1) is 11.3 Å². The lowest BCUT2D eigenvalue weighted by atomic mass is 10.1. The maximum absolute atomic E-state index is 9.45. The molecule has 2 aromatic heterocycles. The van der Waals surface area contributed by atoms with Gasteiger partial charge in [0.25, 0.3) is 0 Å². The average molecular weight is 340 g/mol. The van der Waals surface area contributed by atoms with Crippen LogP contribution in [0.4, 0.5) is 0 Å². The highest BCUT2D eigenvalue weighted by molar-refractivity contribution is 7.11. The van der Waals surface area contributed by atoms with Crippen molar-refractivity contribution in [2.24, 2.45) is 0 Å². The fourth-order valence-corrected chi connectivity index (χ4v) is 2.96. The second-order valence-corrected chi connectivity index (χ2v) is 5.92. The number of pyridine rings is 1. The zero-order valence-corrected chi connectivity index (χ0v) is 13.3. The van der Waals surface area contributed by atoms with Crippen LogP contribution >= 0.6 is 22.9 Å². The molecule has 3 rings (SSSR count). The first-order chi connectivity index (χ1) is 11.2. The van der Waals surface area contributed by atoms with E-state index in [0.29, 0.717) is 10.6 Å². The van der Waals surface area contributed by atoms with Gasteiger partial charge in [0.1, 0.15) is 16.8 Å². The van der Waals surface area contributed by atoms with Crippen LogP contribution in [-0.2, 0) is 0 Å². The van der Waals surface area contributed by atoms with Crippen molar-refractivity contribution in [2.75, 3.05) is 0 Å². The van der Waals surface area contributed by atoms with Crippen LogP contribution < -0.4 is 0 Å². The molecule has 0 saturated carbocycles. The lowest BCUT2D eigenvalue weighted by Gasteiger charge is -1.99. The Bertz CT molecular complexity index is 913. The molecule has 4 nitrogen and oxygen atoms in total. The second kappa shape index (κ2) is 6.61. The summed E-state index contributed by atoms with van der Waals surface area (Å²) in [6.07, 6.45) is 5.10. The van der Waals surface area contributed by atoms with Crippen LogP contribution in [0.25, 0.3) is 22.9 Å². The Hall–Kier alpha value is -2.68. The standard InChI is InChI=1S/C17H10ClN3OS/c18-14-8-11(1-2-16(14)22)7-13(9-19)17-21-15(10-23-17)12-3-5-20-6-4-12/h1-8,10,22H. The van der Waals surface area contributed by atoms with Crippen molar-refractivity contribution >= 4 is 34.6 Å². The van der Waals surface area contributed by atoms with Gasteiger partial charge in [-0.25, -0.2) is 4.98 Å². The highest BCUT2D eigenvalue weighted by Gasteiger charge is 2.09. The SMILES string of the molecule is N#CC(=Cc1ccc(O)c(Cl)c1)c1nc(-c2ccncc2)cs1. The van der Waals surface area contributed by atoms with E-state index in [2.05, 4.69) is 16.0 Å². The lowest BCUT2D eigenvalue weighted by Crippen LogP contribution is -1.83. The van der Waals surface area contributed by atoms with E-state index in [-0.39, 0.29) is 10.8 Å². The molecule has 3 aromatic rings. The quantitative estimate of drug-likeness (QED) is 0.706. The molecule has 0 aliphatic heterocycles. The van der Waals surface area contributed by atoms with Gasteiger partial charge in [0, 0.05) is 23.3 Å². The van der Waals surface area contributed by atoms with E-state index in [1.165, 1.54) is 17.4 Å². The Balaban J connectivity index is 1.96. The minimum Gasteiger partial charge on any atom is -0.506 e. The number of allylic oxidation sites excluding steroid dienone is 1. The van der Waals surface area contributed by atoms with Gasteiger partial charge in [0.2, 0.25) is 0 Å². The summed E-state index contributed by atoms with van der Waals surface area (Å²) in [5.74, 6) is 0.0107. The van der Waals surface area contributed by atoms with Gasteiger partial charge < -0.3 is 5.11 Å². The zero-order chi connectivity index (χ0) is 16.2. The van der Waals surface area contributed by atoms with E-state index in [9.17, 15) is 10.4 Å². The Kier molecular flexibility index (Phi) is 4.38. The topological polar surface area (TPSA) is 69.8 Å². The molecule has 0 unspecified atom stereocenters. The fraction of sp³-hybridized carbons (Fsp3) is 0. The number of benzene rings is 1. The summed E-state index contributed by atoms with van der Waals surface area (Å²) in [7, 11) is 0. The maximum atomic E-state index is 9.45. The summed E-state index contributed by atoms with van der Waals surface area (Å²) in [5.41, 5.74) is 2.92. The van der Waals surface area contributed by atoms with Crippen LogP contribution in [0.15, 0.2) is 48.1 Å². The molecule has 0 bridgehead atoms. The lowest BCUT2D eigenvalue weighted by molar-refractivity contribution is 0.475. The van der Waals surface area contributed by atoms with Crippen molar-refractivity contribution < 1.29 is 5.11 Å². The number of aromatic nitrogens is 2. The molecular formula is C17H10ClN3OS. The number of phenols is 1. The van der Waals surface area contributed by atoms with E-state index in [4.69, 9.17) is 11.6 Å². The van der Waals surface area contributed by atoms with Gasteiger partial charge in [0.15, 0.2) is 0 Å². The molecule has 0 atom stereocenters. The molecule has 0 fully saturated rings. The van der Waals surface area contributed by atoms with E-state index in [1.807, 2.05) is 17.5 Å². The van der Waals surface area contributed by atoms with Crippen LogP contribution in [0.2, 0.25) is 5.02 Å².